The van der Waals surface area contributed by atoms with E-state index in [1.165, 1.54) is 0 Å². The largest absolute Gasteiger partial charge is 0.450 e. The Hall–Kier alpha value is -2.05. The molecular formula is C17H26N4O3. The molecule has 2 saturated heterocycles. The highest BCUT2D eigenvalue weighted by molar-refractivity contribution is 5.77. The van der Waals surface area contributed by atoms with Gasteiger partial charge in [-0.05, 0) is 26.2 Å². The molecule has 0 aromatic carbocycles. The maximum Gasteiger partial charge on any atom is 0.409 e. The molecule has 0 aliphatic carbocycles. The van der Waals surface area contributed by atoms with Gasteiger partial charge in [-0.15, -0.1) is 0 Å². The first kappa shape index (κ1) is 16.8. The summed E-state index contributed by atoms with van der Waals surface area (Å²) >= 11 is 0. The van der Waals surface area contributed by atoms with Crippen molar-refractivity contribution in [2.45, 2.75) is 39.0 Å². The summed E-state index contributed by atoms with van der Waals surface area (Å²) in [6.07, 6.45) is 7.49. The third kappa shape index (κ3) is 3.71. The summed E-state index contributed by atoms with van der Waals surface area (Å²) in [4.78, 5) is 35.2. The molecule has 24 heavy (non-hydrogen) atoms. The van der Waals surface area contributed by atoms with E-state index in [-0.39, 0.29) is 17.4 Å². The number of aromatic amines is 1. The third-order valence-corrected chi connectivity index (χ3v) is 5.14. The summed E-state index contributed by atoms with van der Waals surface area (Å²) in [6, 6.07) is 0. The predicted octanol–water partition coefficient (Wildman–Crippen LogP) is 1.81. The van der Waals surface area contributed by atoms with Gasteiger partial charge in [0.15, 0.2) is 0 Å². The van der Waals surface area contributed by atoms with Crippen LogP contribution in [0.4, 0.5) is 4.79 Å². The number of rotatable bonds is 4. The Morgan fingerprint density at radius 3 is 3.04 bits per heavy atom. The van der Waals surface area contributed by atoms with Gasteiger partial charge in [0.2, 0.25) is 5.91 Å². The van der Waals surface area contributed by atoms with Crippen molar-refractivity contribution in [2.24, 2.45) is 5.41 Å². The highest BCUT2D eigenvalue weighted by atomic mass is 16.6. The van der Waals surface area contributed by atoms with Crippen molar-refractivity contribution in [3.63, 3.8) is 0 Å². The third-order valence-electron chi connectivity index (χ3n) is 5.14. The zero-order chi connectivity index (χ0) is 17.0. The van der Waals surface area contributed by atoms with Gasteiger partial charge in [0.05, 0.1) is 12.9 Å². The maximum atomic E-state index is 12.3. The molecule has 7 nitrogen and oxygen atoms in total. The van der Waals surface area contributed by atoms with E-state index in [1.54, 1.807) is 12.5 Å². The minimum atomic E-state index is -0.225. The molecule has 2 amide bonds. The quantitative estimate of drug-likeness (QED) is 0.911. The molecule has 1 atom stereocenters. The van der Waals surface area contributed by atoms with E-state index < -0.39 is 0 Å². The average Bonchev–Trinajstić information content (AvgIpc) is 3.10. The second-order valence-corrected chi connectivity index (χ2v) is 6.87. The van der Waals surface area contributed by atoms with E-state index in [9.17, 15) is 9.59 Å². The Labute approximate surface area is 142 Å². The summed E-state index contributed by atoms with van der Waals surface area (Å²) in [5, 5.41) is 0. The van der Waals surface area contributed by atoms with Crippen molar-refractivity contribution in [2.75, 3.05) is 32.8 Å². The van der Waals surface area contributed by atoms with Crippen molar-refractivity contribution in [3.05, 3.63) is 18.2 Å². The van der Waals surface area contributed by atoms with E-state index in [1.807, 2.05) is 16.7 Å². The van der Waals surface area contributed by atoms with Gasteiger partial charge < -0.3 is 19.5 Å². The number of hydrogen-bond acceptors (Lipinski definition) is 4. The lowest BCUT2D eigenvalue weighted by atomic mass is 9.73. The van der Waals surface area contributed by atoms with E-state index in [4.69, 9.17) is 4.74 Å². The number of nitrogens with one attached hydrogen (secondary N) is 1. The summed E-state index contributed by atoms with van der Waals surface area (Å²) < 4.78 is 5.16. The van der Waals surface area contributed by atoms with Gasteiger partial charge in [-0.1, -0.05) is 0 Å². The van der Waals surface area contributed by atoms with Crippen LogP contribution in [0.5, 0.6) is 0 Å². The molecule has 2 aliphatic rings. The summed E-state index contributed by atoms with van der Waals surface area (Å²) in [7, 11) is 0. The molecular weight excluding hydrogens is 308 g/mol. The fourth-order valence-electron chi connectivity index (χ4n) is 3.89. The summed E-state index contributed by atoms with van der Waals surface area (Å²) in [6.45, 7) is 5.10. The second-order valence-electron chi connectivity index (χ2n) is 6.87. The van der Waals surface area contributed by atoms with E-state index >= 15 is 0 Å². The zero-order valence-electron chi connectivity index (χ0n) is 14.3. The van der Waals surface area contributed by atoms with Crippen LogP contribution in [-0.4, -0.2) is 64.6 Å². The van der Waals surface area contributed by atoms with Crippen LogP contribution in [-0.2, 0) is 16.0 Å². The number of ether oxygens (including phenoxy) is 1. The molecule has 7 heteroatoms. The minimum Gasteiger partial charge on any atom is -0.450 e. The number of piperidine rings is 2. The number of likely N-dealkylation sites (tertiary alicyclic amines) is 2. The first-order valence-electron chi connectivity index (χ1n) is 8.79. The standard InChI is InChI=1S/C17H26N4O3/c1-2-24-16(23)21-8-3-6-17(12-21)7-4-15(22)20(11-17)9-5-14-10-18-13-19-14/h10,13H,2-9,11-12H2,1H3,(H,18,19). The van der Waals surface area contributed by atoms with Crippen LogP contribution < -0.4 is 0 Å². The normalized spacial score (nSPS) is 24.5. The van der Waals surface area contributed by atoms with Crippen molar-refractivity contribution >= 4 is 12.0 Å². The van der Waals surface area contributed by atoms with Gasteiger partial charge in [-0.3, -0.25) is 4.79 Å². The Morgan fingerprint density at radius 1 is 1.42 bits per heavy atom. The van der Waals surface area contributed by atoms with E-state index in [2.05, 4.69) is 9.97 Å². The lowest BCUT2D eigenvalue weighted by Gasteiger charge is -2.47. The number of aromatic nitrogens is 2. The monoisotopic (exact) mass is 334 g/mol. The number of hydrogen-bond donors (Lipinski definition) is 1. The fraction of sp³-hybridized carbons (Fsp3) is 0.706. The minimum absolute atomic E-state index is 0.0207. The Balaban J connectivity index is 1.62. The SMILES string of the molecule is CCOC(=O)N1CCCC2(CCC(=O)N(CCc3cnc[nH]3)C2)C1. The van der Waals surface area contributed by atoms with Crippen LogP contribution in [0.2, 0.25) is 0 Å². The molecule has 3 rings (SSSR count). The van der Waals surface area contributed by atoms with Crippen molar-refractivity contribution in [3.8, 4) is 0 Å². The number of carbonyl (C=O) groups is 2. The molecule has 1 aromatic heterocycles. The summed E-state index contributed by atoms with van der Waals surface area (Å²) in [5.41, 5.74) is 1.06. The van der Waals surface area contributed by atoms with E-state index in [0.29, 0.717) is 26.1 Å². The Bertz CT molecular complexity index is 574. The van der Waals surface area contributed by atoms with Gasteiger partial charge in [-0.25, -0.2) is 9.78 Å². The second kappa shape index (κ2) is 7.23. The topological polar surface area (TPSA) is 78.5 Å². The molecule has 0 saturated carbocycles. The van der Waals surface area contributed by atoms with Gasteiger partial charge in [0, 0.05) is 56.3 Å². The molecule has 0 radical (unpaired) electrons. The van der Waals surface area contributed by atoms with Crippen LogP contribution in [0.15, 0.2) is 12.5 Å². The molecule has 2 aliphatic heterocycles. The smallest absolute Gasteiger partial charge is 0.409 e. The number of amides is 2. The first-order valence-corrected chi connectivity index (χ1v) is 8.79. The molecule has 132 valence electrons. The molecule has 1 unspecified atom stereocenters. The number of imidazole rings is 1. The van der Waals surface area contributed by atoms with Gasteiger partial charge in [0.1, 0.15) is 0 Å². The highest BCUT2D eigenvalue weighted by Crippen LogP contribution is 2.39. The van der Waals surface area contributed by atoms with Crippen LogP contribution >= 0.6 is 0 Å². The molecule has 1 aromatic rings. The van der Waals surface area contributed by atoms with Crippen molar-refractivity contribution in [1.82, 2.24) is 19.8 Å². The maximum absolute atomic E-state index is 12.3. The van der Waals surface area contributed by atoms with Crippen LogP contribution in [0.25, 0.3) is 0 Å². The molecule has 2 fully saturated rings. The van der Waals surface area contributed by atoms with Gasteiger partial charge >= 0.3 is 6.09 Å². The molecule has 1 N–H and O–H groups in total. The number of H-pyrrole nitrogens is 1. The van der Waals surface area contributed by atoms with E-state index in [0.717, 1.165) is 44.5 Å². The summed E-state index contributed by atoms with van der Waals surface area (Å²) in [5.74, 6) is 0.216. The Morgan fingerprint density at radius 2 is 2.29 bits per heavy atom. The number of nitrogens with zero attached hydrogens (tertiary/aromatic N) is 3. The zero-order valence-corrected chi connectivity index (χ0v) is 14.3. The fourth-order valence-corrected chi connectivity index (χ4v) is 3.89. The highest BCUT2D eigenvalue weighted by Gasteiger charge is 2.42. The van der Waals surface area contributed by atoms with Gasteiger partial charge in [-0.2, -0.15) is 0 Å². The molecule has 3 heterocycles. The van der Waals surface area contributed by atoms with Crippen molar-refractivity contribution < 1.29 is 14.3 Å². The van der Waals surface area contributed by atoms with Gasteiger partial charge in [0.25, 0.3) is 0 Å². The predicted molar refractivity (Wildman–Crippen MR) is 88.4 cm³/mol. The first-order chi connectivity index (χ1) is 11.6. The van der Waals surface area contributed by atoms with Crippen LogP contribution in [0.3, 0.4) is 0 Å². The number of carbonyl (C=O) groups excluding carboxylic acids is 2. The lowest BCUT2D eigenvalue weighted by Crippen LogP contribution is -2.55. The lowest BCUT2D eigenvalue weighted by molar-refractivity contribution is -0.139. The van der Waals surface area contributed by atoms with Crippen LogP contribution in [0.1, 0.15) is 38.3 Å². The van der Waals surface area contributed by atoms with Crippen LogP contribution in [0, 0.1) is 5.41 Å². The molecule has 1 spiro atoms. The average molecular weight is 334 g/mol. The Kier molecular flexibility index (Phi) is 5.06. The molecule has 0 bridgehead atoms. The van der Waals surface area contributed by atoms with Crippen molar-refractivity contribution in [1.29, 1.82) is 0 Å².